The first-order valence-electron chi connectivity index (χ1n) is 7.28. The smallest absolute Gasteiger partial charge is 0.154 e. The highest BCUT2D eigenvalue weighted by Crippen LogP contribution is 2.19. The fourth-order valence-electron chi connectivity index (χ4n) is 1.98. The van der Waals surface area contributed by atoms with Gasteiger partial charge in [-0.25, -0.2) is 0 Å². The zero-order valence-electron chi connectivity index (χ0n) is 12.7. The van der Waals surface area contributed by atoms with E-state index in [4.69, 9.17) is 4.74 Å². The van der Waals surface area contributed by atoms with Gasteiger partial charge in [-0.2, -0.15) is 0 Å². The molecule has 2 aromatic rings. The van der Waals surface area contributed by atoms with Crippen molar-refractivity contribution in [2.75, 3.05) is 17.2 Å². The first-order chi connectivity index (χ1) is 10.7. The molecule has 0 aliphatic heterocycles. The number of aliphatic hydroxyl groups is 1. The maximum absolute atomic E-state index is 9.72. The Morgan fingerprint density at radius 3 is 2.23 bits per heavy atom. The Labute approximate surface area is 131 Å². The fraction of sp³-hybridized carbons (Fsp3) is 0.222. The van der Waals surface area contributed by atoms with Crippen LogP contribution in [0.1, 0.15) is 6.92 Å². The molecule has 3 N–H and O–H groups in total. The third-order valence-corrected chi connectivity index (χ3v) is 3.09. The Morgan fingerprint density at radius 2 is 1.64 bits per heavy atom. The topological polar surface area (TPSA) is 53.5 Å². The number of anilines is 3. The van der Waals surface area contributed by atoms with Gasteiger partial charge in [0.15, 0.2) is 6.23 Å². The van der Waals surface area contributed by atoms with Gasteiger partial charge in [-0.3, -0.25) is 0 Å². The Morgan fingerprint density at radius 1 is 1.05 bits per heavy atom. The molecule has 0 spiro atoms. The van der Waals surface area contributed by atoms with Crippen molar-refractivity contribution in [2.24, 2.45) is 0 Å². The third-order valence-electron chi connectivity index (χ3n) is 3.09. The van der Waals surface area contributed by atoms with Crippen LogP contribution in [0, 0.1) is 0 Å². The van der Waals surface area contributed by atoms with Gasteiger partial charge < -0.3 is 20.5 Å². The zero-order valence-corrected chi connectivity index (χ0v) is 12.7. The number of nitrogens with one attached hydrogen (secondary N) is 2. The van der Waals surface area contributed by atoms with Crippen LogP contribution in [0.5, 0.6) is 0 Å². The quantitative estimate of drug-likeness (QED) is 0.513. The highest BCUT2D eigenvalue weighted by molar-refractivity contribution is 5.62. The van der Waals surface area contributed by atoms with Crippen molar-refractivity contribution in [1.82, 2.24) is 0 Å². The number of aliphatic hydroxyl groups excluding tert-OH is 1. The van der Waals surface area contributed by atoms with E-state index in [0.29, 0.717) is 6.61 Å². The van der Waals surface area contributed by atoms with E-state index in [1.807, 2.05) is 54.6 Å². The summed E-state index contributed by atoms with van der Waals surface area (Å²) in [5, 5.41) is 16.2. The molecule has 2 aromatic carbocycles. The van der Waals surface area contributed by atoms with Crippen molar-refractivity contribution in [2.45, 2.75) is 19.3 Å². The molecule has 0 aromatic heterocycles. The van der Waals surface area contributed by atoms with Gasteiger partial charge in [-0.05, 0) is 43.3 Å². The van der Waals surface area contributed by atoms with Crippen LogP contribution in [0.3, 0.4) is 0 Å². The molecule has 0 saturated heterocycles. The van der Waals surface area contributed by atoms with Gasteiger partial charge in [0.1, 0.15) is 0 Å². The predicted octanol–water partition coefficient (Wildman–Crippen LogP) is 3.75. The van der Waals surface area contributed by atoms with E-state index in [1.165, 1.54) is 0 Å². The van der Waals surface area contributed by atoms with Crippen molar-refractivity contribution in [1.29, 1.82) is 0 Å². The van der Waals surface area contributed by atoms with Crippen molar-refractivity contribution in [3.63, 3.8) is 0 Å². The minimum Gasteiger partial charge on any atom is -0.389 e. The summed E-state index contributed by atoms with van der Waals surface area (Å²) in [7, 11) is 0. The molecule has 0 amide bonds. The molecule has 0 bridgehead atoms. The van der Waals surface area contributed by atoms with Gasteiger partial charge in [-0.1, -0.05) is 24.3 Å². The fourth-order valence-corrected chi connectivity index (χ4v) is 1.98. The summed E-state index contributed by atoms with van der Waals surface area (Å²) in [5.74, 6) is 0. The lowest BCUT2D eigenvalue weighted by Crippen LogP contribution is -2.34. The van der Waals surface area contributed by atoms with E-state index in [9.17, 15) is 5.11 Å². The van der Waals surface area contributed by atoms with Crippen LogP contribution in [-0.2, 0) is 4.74 Å². The second-order valence-corrected chi connectivity index (χ2v) is 5.00. The number of hydrogen-bond acceptors (Lipinski definition) is 4. The molecule has 4 heteroatoms. The molecular weight excluding hydrogens is 276 g/mol. The van der Waals surface area contributed by atoms with Crippen LogP contribution in [0.25, 0.3) is 0 Å². The van der Waals surface area contributed by atoms with Gasteiger partial charge >= 0.3 is 0 Å². The normalized spacial score (nSPS) is 13.2. The summed E-state index contributed by atoms with van der Waals surface area (Å²) in [6, 6.07) is 17.8. The number of para-hydroxylation sites is 1. The summed E-state index contributed by atoms with van der Waals surface area (Å²) >= 11 is 0. The molecule has 116 valence electrons. The molecule has 2 unspecified atom stereocenters. The third kappa shape index (κ3) is 4.91. The van der Waals surface area contributed by atoms with Gasteiger partial charge in [0.25, 0.3) is 0 Å². The summed E-state index contributed by atoms with van der Waals surface area (Å²) < 4.78 is 5.49. The molecule has 0 radical (unpaired) electrons. The summed E-state index contributed by atoms with van der Waals surface area (Å²) in [6.45, 7) is 5.68. The lowest BCUT2D eigenvalue weighted by molar-refractivity contribution is -0.000261. The molecule has 2 atom stereocenters. The van der Waals surface area contributed by atoms with Crippen LogP contribution in [0.2, 0.25) is 0 Å². The van der Waals surface area contributed by atoms with Crippen LogP contribution in [-0.4, -0.2) is 24.0 Å². The van der Waals surface area contributed by atoms with E-state index in [0.717, 1.165) is 17.1 Å². The van der Waals surface area contributed by atoms with Crippen LogP contribution < -0.4 is 10.6 Å². The zero-order chi connectivity index (χ0) is 15.8. The Hall–Kier alpha value is -2.30. The predicted molar refractivity (Wildman–Crippen MR) is 91.4 cm³/mol. The van der Waals surface area contributed by atoms with Gasteiger partial charge in [0, 0.05) is 17.1 Å². The minimum atomic E-state index is -0.623. The summed E-state index contributed by atoms with van der Waals surface area (Å²) in [6.07, 6.45) is 0.567. The van der Waals surface area contributed by atoms with Crippen LogP contribution >= 0.6 is 0 Å². The highest BCUT2D eigenvalue weighted by Gasteiger charge is 2.14. The number of ether oxygens (including phenoxy) is 1. The molecule has 0 aliphatic rings. The summed E-state index contributed by atoms with van der Waals surface area (Å²) in [5.41, 5.74) is 2.92. The molecule has 0 fully saturated rings. The molecular formula is C18H22N2O2. The molecule has 2 rings (SSSR count). The van der Waals surface area contributed by atoms with E-state index in [1.54, 1.807) is 13.0 Å². The van der Waals surface area contributed by atoms with E-state index >= 15 is 0 Å². The first kappa shape index (κ1) is 16.1. The number of rotatable bonds is 8. The maximum atomic E-state index is 9.72. The minimum absolute atomic E-state index is 0.385. The lowest BCUT2D eigenvalue weighted by atomic mass is 10.2. The molecule has 0 saturated carbocycles. The SMILES string of the molecule is C=CCOC(Nc1ccc(Nc2ccccc2)cc1)C(C)O. The Bertz CT molecular complexity index is 567. The maximum Gasteiger partial charge on any atom is 0.154 e. The Kier molecular flexibility index (Phi) is 6.01. The van der Waals surface area contributed by atoms with Gasteiger partial charge in [0.2, 0.25) is 0 Å². The van der Waals surface area contributed by atoms with Gasteiger partial charge in [-0.15, -0.1) is 6.58 Å². The summed E-state index contributed by atoms with van der Waals surface area (Å²) in [4.78, 5) is 0. The van der Waals surface area contributed by atoms with Crippen molar-refractivity contribution in [3.05, 3.63) is 67.3 Å². The standard InChI is InChI=1S/C18H22N2O2/c1-3-13-22-18(14(2)21)20-17-11-9-16(10-12-17)19-15-7-5-4-6-8-15/h3-12,14,18-21H,1,13H2,2H3. The molecule has 22 heavy (non-hydrogen) atoms. The highest BCUT2D eigenvalue weighted by atomic mass is 16.5. The van der Waals surface area contributed by atoms with E-state index < -0.39 is 12.3 Å². The van der Waals surface area contributed by atoms with Crippen molar-refractivity contribution >= 4 is 17.1 Å². The molecule has 4 nitrogen and oxygen atoms in total. The van der Waals surface area contributed by atoms with Crippen LogP contribution in [0.15, 0.2) is 67.3 Å². The Balaban J connectivity index is 1.97. The van der Waals surface area contributed by atoms with Crippen molar-refractivity contribution in [3.8, 4) is 0 Å². The monoisotopic (exact) mass is 298 g/mol. The van der Waals surface area contributed by atoms with Crippen LogP contribution in [0.4, 0.5) is 17.1 Å². The average molecular weight is 298 g/mol. The first-order valence-corrected chi connectivity index (χ1v) is 7.28. The largest absolute Gasteiger partial charge is 0.389 e. The molecule has 0 heterocycles. The van der Waals surface area contributed by atoms with Gasteiger partial charge in [0.05, 0.1) is 12.7 Å². The molecule has 0 aliphatic carbocycles. The average Bonchev–Trinajstić information content (AvgIpc) is 2.54. The number of benzene rings is 2. The van der Waals surface area contributed by atoms with E-state index in [-0.39, 0.29) is 0 Å². The second kappa shape index (κ2) is 8.22. The lowest BCUT2D eigenvalue weighted by Gasteiger charge is -2.22. The number of hydrogen-bond donors (Lipinski definition) is 3. The second-order valence-electron chi connectivity index (χ2n) is 5.00. The van der Waals surface area contributed by atoms with E-state index in [2.05, 4.69) is 17.2 Å². The van der Waals surface area contributed by atoms with Crippen molar-refractivity contribution < 1.29 is 9.84 Å².